The summed E-state index contributed by atoms with van der Waals surface area (Å²) in [6.07, 6.45) is 0. The van der Waals surface area contributed by atoms with E-state index in [2.05, 4.69) is 56.6 Å². The van der Waals surface area contributed by atoms with Gasteiger partial charge in [-0.1, -0.05) is 12.1 Å². The lowest BCUT2D eigenvalue weighted by molar-refractivity contribution is 0.111. The molecule has 3 rings (SSSR count). The van der Waals surface area contributed by atoms with Gasteiger partial charge >= 0.3 is 6.03 Å². The molecular weight excluding hydrogens is 406 g/mol. The molecule has 32 heavy (non-hydrogen) atoms. The number of urea groups is 1. The maximum absolute atomic E-state index is 12.7. The maximum Gasteiger partial charge on any atom is 0.319 e. The quantitative estimate of drug-likeness (QED) is 0.657. The molecule has 0 spiro atoms. The van der Waals surface area contributed by atoms with Gasteiger partial charge in [0, 0.05) is 76.4 Å². The van der Waals surface area contributed by atoms with Crippen molar-refractivity contribution in [3.63, 3.8) is 0 Å². The molecule has 174 valence electrons. The Morgan fingerprint density at radius 3 is 2.12 bits per heavy atom. The van der Waals surface area contributed by atoms with E-state index in [9.17, 15) is 4.79 Å². The van der Waals surface area contributed by atoms with Crippen LogP contribution in [0.5, 0.6) is 11.5 Å². The summed E-state index contributed by atoms with van der Waals surface area (Å²) in [5.41, 5.74) is 2.97. The van der Waals surface area contributed by atoms with E-state index in [4.69, 9.17) is 9.47 Å². The topological polar surface area (TPSA) is 69.3 Å². The fourth-order valence-corrected chi connectivity index (χ4v) is 3.83. The van der Waals surface area contributed by atoms with E-state index in [1.165, 1.54) is 5.56 Å². The van der Waals surface area contributed by atoms with Gasteiger partial charge in [-0.15, -0.1) is 0 Å². The Kier molecular flexibility index (Phi) is 8.19. The van der Waals surface area contributed by atoms with Crippen molar-refractivity contribution < 1.29 is 14.3 Å². The van der Waals surface area contributed by atoms with Gasteiger partial charge in [-0.2, -0.15) is 0 Å². The van der Waals surface area contributed by atoms with Gasteiger partial charge in [0.15, 0.2) is 0 Å². The van der Waals surface area contributed by atoms with Crippen molar-refractivity contribution in [2.45, 2.75) is 6.04 Å². The van der Waals surface area contributed by atoms with Crippen LogP contribution < -0.4 is 25.0 Å². The Labute approximate surface area is 191 Å². The number of nitrogens with zero attached hydrogens (tertiary/aromatic N) is 3. The Hall–Kier alpha value is -2.97. The average molecular weight is 442 g/mol. The summed E-state index contributed by atoms with van der Waals surface area (Å²) in [4.78, 5) is 19.6. The zero-order chi connectivity index (χ0) is 23.1. The number of amides is 2. The summed E-state index contributed by atoms with van der Waals surface area (Å²) in [7, 11) is 9.38. The third kappa shape index (κ3) is 6.27. The van der Waals surface area contributed by atoms with Crippen LogP contribution in [0.2, 0.25) is 0 Å². The second-order valence-electron chi connectivity index (χ2n) is 8.28. The number of methoxy groups -OCH3 is 2. The predicted octanol–water partition coefficient (Wildman–Crippen LogP) is 2.88. The zero-order valence-corrected chi connectivity index (χ0v) is 19.7. The number of ether oxygens (including phenoxy) is 2. The third-order valence-corrected chi connectivity index (χ3v) is 5.84. The molecular formula is C24H35N5O3. The van der Waals surface area contributed by atoms with E-state index in [1.807, 2.05) is 14.1 Å². The first-order valence-electron chi connectivity index (χ1n) is 10.9. The molecule has 1 heterocycles. The molecule has 2 amide bonds. The van der Waals surface area contributed by atoms with E-state index in [0.29, 0.717) is 23.7 Å². The molecule has 8 heteroatoms. The molecule has 1 aliphatic heterocycles. The lowest BCUT2D eigenvalue weighted by atomic mass is 10.0. The summed E-state index contributed by atoms with van der Waals surface area (Å²) in [5, 5.41) is 5.94. The van der Waals surface area contributed by atoms with Crippen molar-refractivity contribution in [1.82, 2.24) is 15.1 Å². The number of carbonyl (C=O) groups excluding carboxylic acids is 1. The van der Waals surface area contributed by atoms with Gasteiger partial charge in [0.2, 0.25) is 0 Å². The van der Waals surface area contributed by atoms with Crippen molar-refractivity contribution in [1.29, 1.82) is 0 Å². The van der Waals surface area contributed by atoms with Gasteiger partial charge in [-0.05, 0) is 24.7 Å². The number of carbonyl (C=O) groups is 1. The van der Waals surface area contributed by atoms with Crippen molar-refractivity contribution in [2.24, 2.45) is 0 Å². The minimum atomic E-state index is -0.260. The second-order valence-corrected chi connectivity index (χ2v) is 8.28. The van der Waals surface area contributed by atoms with Crippen molar-refractivity contribution >= 4 is 17.4 Å². The summed E-state index contributed by atoms with van der Waals surface area (Å²) in [6.45, 7) is 4.47. The van der Waals surface area contributed by atoms with Crippen LogP contribution in [-0.2, 0) is 0 Å². The minimum absolute atomic E-state index is 0.102. The third-order valence-electron chi connectivity index (χ3n) is 5.84. The molecule has 8 nitrogen and oxygen atoms in total. The summed E-state index contributed by atoms with van der Waals surface area (Å²) in [6, 6.07) is 13.7. The van der Waals surface area contributed by atoms with Gasteiger partial charge < -0.3 is 29.9 Å². The fourth-order valence-electron chi connectivity index (χ4n) is 3.83. The number of hydrogen-bond donors (Lipinski definition) is 2. The number of piperazine rings is 1. The number of rotatable bonds is 8. The van der Waals surface area contributed by atoms with Crippen molar-refractivity contribution in [3.05, 3.63) is 48.0 Å². The standard InChI is InChI=1S/C24H35N5O3/c1-27(2)20-8-6-18(7-9-20)23(29-12-10-28(3)11-13-29)17-25-24(30)26-19-14-21(31-4)16-22(15-19)32-5/h6-9,14-16,23H,10-13,17H2,1-5H3,(H2,25,26,30)/t23-/m1/s1. The van der Waals surface area contributed by atoms with Gasteiger partial charge in [-0.3, -0.25) is 4.90 Å². The Morgan fingerprint density at radius 1 is 1.00 bits per heavy atom. The van der Waals surface area contributed by atoms with Crippen LogP contribution in [0.25, 0.3) is 0 Å². The van der Waals surface area contributed by atoms with Gasteiger partial charge in [0.25, 0.3) is 0 Å². The molecule has 0 aromatic heterocycles. The second kappa shape index (κ2) is 11.1. The molecule has 1 fully saturated rings. The van der Waals surface area contributed by atoms with Crippen LogP contribution in [-0.4, -0.2) is 83.9 Å². The number of anilines is 2. The van der Waals surface area contributed by atoms with Crippen LogP contribution in [0, 0.1) is 0 Å². The largest absolute Gasteiger partial charge is 0.497 e. The van der Waals surface area contributed by atoms with Gasteiger partial charge in [0.05, 0.1) is 20.3 Å². The molecule has 1 atom stereocenters. The van der Waals surface area contributed by atoms with Crippen LogP contribution in [0.4, 0.5) is 16.2 Å². The Balaban J connectivity index is 1.70. The first kappa shape index (κ1) is 23.7. The normalized spacial score (nSPS) is 15.7. The van der Waals surface area contributed by atoms with E-state index in [-0.39, 0.29) is 12.1 Å². The van der Waals surface area contributed by atoms with E-state index >= 15 is 0 Å². The van der Waals surface area contributed by atoms with E-state index < -0.39 is 0 Å². The summed E-state index contributed by atoms with van der Waals surface area (Å²) >= 11 is 0. The van der Waals surface area contributed by atoms with Crippen LogP contribution in [0.1, 0.15) is 11.6 Å². The lowest BCUT2D eigenvalue weighted by Gasteiger charge is -2.38. The number of hydrogen-bond acceptors (Lipinski definition) is 6. The van der Waals surface area contributed by atoms with Crippen LogP contribution in [0.3, 0.4) is 0 Å². The molecule has 0 aliphatic carbocycles. The first-order valence-corrected chi connectivity index (χ1v) is 10.9. The average Bonchev–Trinajstić information content (AvgIpc) is 2.80. The highest BCUT2D eigenvalue weighted by Crippen LogP contribution is 2.26. The van der Waals surface area contributed by atoms with Crippen LogP contribution in [0.15, 0.2) is 42.5 Å². The number of nitrogens with one attached hydrogen (secondary N) is 2. The van der Waals surface area contributed by atoms with Crippen LogP contribution >= 0.6 is 0 Å². The predicted molar refractivity (Wildman–Crippen MR) is 129 cm³/mol. The highest BCUT2D eigenvalue weighted by atomic mass is 16.5. The Morgan fingerprint density at radius 2 is 1.59 bits per heavy atom. The smallest absolute Gasteiger partial charge is 0.319 e. The molecule has 0 bridgehead atoms. The molecule has 2 N–H and O–H groups in total. The monoisotopic (exact) mass is 441 g/mol. The molecule has 1 saturated heterocycles. The Bertz CT molecular complexity index is 857. The van der Waals surface area contributed by atoms with E-state index in [1.54, 1.807) is 32.4 Å². The molecule has 1 aliphatic rings. The molecule has 2 aromatic rings. The fraction of sp³-hybridized carbons (Fsp3) is 0.458. The van der Waals surface area contributed by atoms with Crippen molar-refractivity contribution in [2.75, 3.05) is 78.3 Å². The van der Waals surface area contributed by atoms with E-state index in [0.717, 1.165) is 31.9 Å². The molecule has 0 saturated carbocycles. The summed E-state index contributed by atoms with van der Waals surface area (Å²) < 4.78 is 10.6. The van der Waals surface area contributed by atoms with Crippen molar-refractivity contribution in [3.8, 4) is 11.5 Å². The minimum Gasteiger partial charge on any atom is -0.497 e. The highest BCUT2D eigenvalue weighted by Gasteiger charge is 2.24. The molecule has 0 radical (unpaired) electrons. The van der Waals surface area contributed by atoms with Gasteiger partial charge in [0.1, 0.15) is 11.5 Å². The lowest BCUT2D eigenvalue weighted by Crippen LogP contribution is -2.48. The zero-order valence-electron chi connectivity index (χ0n) is 19.7. The number of likely N-dealkylation sites (N-methyl/N-ethyl adjacent to an activating group) is 1. The number of benzene rings is 2. The highest BCUT2D eigenvalue weighted by molar-refractivity contribution is 5.89. The SMILES string of the molecule is COc1cc(NC(=O)NC[C@H](c2ccc(N(C)C)cc2)N2CCN(C)CC2)cc(OC)c1. The maximum atomic E-state index is 12.7. The summed E-state index contributed by atoms with van der Waals surface area (Å²) in [5.74, 6) is 1.24. The first-order chi connectivity index (χ1) is 15.4. The molecule has 0 unspecified atom stereocenters. The van der Waals surface area contributed by atoms with Gasteiger partial charge in [-0.25, -0.2) is 4.79 Å². The molecule has 2 aromatic carbocycles.